The first kappa shape index (κ1) is 22.5. The molecule has 0 aromatic carbocycles. The van der Waals surface area contributed by atoms with Crippen LogP contribution in [0.15, 0.2) is 0 Å². The monoisotopic (exact) mass is 351 g/mol. The molecule has 1 heterocycles. The zero-order chi connectivity index (χ0) is 18.2. The van der Waals surface area contributed by atoms with E-state index in [-0.39, 0.29) is 0 Å². The minimum absolute atomic E-state index is 0.893. The molecule has 0 saturated carbocycles. The van der Waals surface area contributed by atoms with E-state index in [0.717, 1.165) is 12.5 Å². The Morgan fingerprint density at radius 3 is 1.72 bits per heavy atom. The van der Waals surface area contributed by atoms with Crippen LogP contribution in [-0.4, -0.2) is 30.0 Å². The van der Waals surface area contributed by atoms with E-state index in [0.29, 0.717) is 0 Å². The molecular weight excluding hydrogens is 304 g/mol. The van der Waals surface area contributed by atoms with E-state index in [9.17, 15) is 0 Å². The van der Waals surface area contributed by atoms with Crippen molar-refractivity contribution in [3.8, 4) is 0 Å². The minimum Gasteiger partial charge on any atom is -0.274 e. The third kappa shape index (κ3) is 12.5. The fourth-order valence-electron chi connectivity index (χ4n) is 3.97. The maximum atomic E-state index is 3.55. The van der Waals surface area contributed by atoms with Gasteiger partial charge in [0.05, 0.1) is 6.54 Å². The lowest BCUT2D eigenvalue weighted by Crippen LogP contribution is -2.22. The van der Waals surface area contributed by atoms with E-state index in [1.54, 1.807) is 0 Å². The summed E-state index contributed by atoms with van der Waals surface area (Å²) in [6.07, 6.45) is 21.6. The molecule has 0 radical (unpaired) electrons. The van der Waals surface area contributed by atoms with Gasteiger partial charge in [-0.3, -0.25) is 9.89 Å². The van der Waals surface area contributed by atoms with Crippen molar-refractivity contribution in [1.29, 1.82) is 0 Å². The van der Waals surface area contributed by atoms with Gasteiger partial charge in [-0.25, -0.2) is 0 Å². The quantitative estimate of drug-likeness (QED) is 0.232. The first-order chi connectivity index (χ1) is 12.2. The smallest absolute Gasteiger partial charge is 0.244 e. The second-order valence-electron chi connectivity index (χ2n) is 8.48. The molecule has 2 nitrogen and oxygen atoms in total. The number of likely N-dealkylation sites (N-methyl/N-ethyl adjacent to an activating group) is 1. The molecule has 0 atom stereocenters. The first-order valence-electron chi connectivity index (χ1n) is 11.6. The Balaban J connectivity index is 1.75. The Labute approximate surface area is 158 Å². The van der Waals surface area contributed by atoms with Gasteiger partial charge in [0.2, 0.25) is 5.84 Å². The summed E-state index contributed by atoms with van der Waals surface area (Å²) in [7, 11) is 0. The van der Waals surface area contributed by atoms with E-state index < -0.39 is 0 Å². The van der Waals surface area contributed by atoms with Crippen LogP contribution in [0.5, 0.6) is 0 Å². The molecule has 1 rings (SSSR count). The Morgan fingerprint density at radius 1 is 0.760 bits per heavy atom. The number of unbranched alkanes of at least 4 members (excludes halogenated alkanes) is 12. The molecule has 1 aliphatic rings. The van der Waals surface area contributed by atoms with E-state index in [1.807, 2.05) is 0 Å². The molecule has 0 spiro atoms. The van der Waals surface area contributed by atoms with Crippen LogP contribution in [-0.2, 0) is 0 Å². The highest BCUT2D eigenvalue weighted by molar-refractivity contribution is 5.78. The Hall–Kier alpha value is -0.530. The highest BCUT2D eigenvalue weighted by atomic mass is 15.2. The fourth-order valence-corrected chi connectivity index (χ4v) is 3.97. The van der Waals surface area contributed by atoms with E-state index >= 15 is 0 Å². The summed E-state index contributed by atoms with van der Waals surface area (Å²) in [5.74, 6) is 2.40. The van der Waals surface area contributed by atoms with Crippen molar-refractivity contribution in [2.75, 3.05) is 19.6 Å². The van der Waals surface area contributed by atoms with Gasteiger partial charge < -0.3 is 0 Å². The van der Waals surface area contributed by atoms with Gasteiger partial charge in [-0.15, -0.1) is 0 Å². The van der Waals surface area contributed by atoms with Gasteiger partial charge in [-0.2, -0.15) is 0 Å². The normalized spacial score (nSPS) is 14.6. The molecule has 148 valence electrons. The zero-order valence-electron chi connectivity index (χ0n) is 17.8. The molecule has 25 heavy (non-hydrogen) atoms. The molecule has 0 unspecified atom stereocenters. The van der Waals surface area contributed by atoms with Crippen LogP contribution in [0.3, 0.4) is 0 Å². The summed E-state index contributed by atoms with van der Waals surface area (Å²) in [6, 6.07) is 0. The van der Waals surface area contributed by atoms with Gasteiger partial charge >= 0.3 is 0 Å². The van der Waals surface area contributed by atoms with Crippen molar-refractivity contribution in [3.05, 3.63) is 0 Å². The number of amidine groups is 1. The standard InChI is InChI=1S/C23H46N2/c1-4-25-21-20-24-23(25)19-17-15-13-11-9-7-5-6-8-10-12-14-16-18-22(2)3/h22H,4-21H2,1-3H3/p+1. The van der Waals surface area contributed by atoms with Crippen LogP contribution >= 0.6 is 0 Å². The highest BCUT2D eigenvalue weighted by Gasteiger charge is 2.17. The maximum absolute atomic E-state index is 3.55. The Kier molecular flexibility index (Phi) is 14.1. The van der Waals surface area contributed by atoms with Crippen LogP contribution in [0.2, 0.25) is 0 Å². The molecule has 1 aliphatic heterocycles. The molecule has 0 aromatic heterocycles. The molecule has 2 heteroatoms. The highest BCUT2D eigenvalue weighted by Crippen LogP contribution is 2.14. The lowest BCUT2D eigenvalue weighted by Gasteiger charge is -2.05. The first-order valence-corrected chi connectivity index (χ1v) is 11.6. The SMILES string of the molecule is CC[N+]1=C(CCCCCCCCCCCCCCCC(C)C)NCC1. The van der Waals surface area contributed by atoms with Crippen LogP contribution in [0.25, 0.3) is 0 Å². The van der Waals surface area contributed by atoms with Crippen LogP contribution < -0.4 is 5.32 Å². The summed E-state index contributed by atoms with van der Waals surface area (Å²) >= 11 is 0. The Morgan fingerprint density at radius 2 is 1.24 bits per heavy atom. The minimum atomic E-state index is 0.893. The van der Waals surface area contributed by atoms with Gasteiger partial charge in [0, 0.05) is 6.42 Å². The fraction of sp³-hybridized carbons (Fsp3) is 0.957. The molecular formula is C23H47N2+. The number of nitrogens with zero attached hydrogens (tertiary/aromatic N) is 1. The summed E-state index contributed by atoms with van der Waals surface area (Å²) in [4.78, 5) is 0. The number of hydrogen-bond donors (Lipinski definition) is 1. The third-order valence-electron chi connectivity index (χ3n) is 5.67. The number of hydrogen-bond acceptors (Lipinski definition) is 1. The maximum Gasteiger partial charge on any atom is 0.244 e. The second kappa shape index (κ2) is 15.7. The van der Waals surface area contributed by atoms with Crippen molar-refractivity contribution < 1.29 is 4.58 Å². The van der Waals surface area contributed by atoms with Gasteiger partial charge in [-0.1, -0.05) is 97.3 Å². The second-order valence-corrected chi connectivity index (χ2v) is 8.48. The average Bonchev–Trinajstić information content (AvgIpc) is 3.05. The topological polar surface area (TPSA) is 15.0 Å². The van der Waals surface area contributed by atoms with Gasteiger partial charge in [0.25, 0.3) is 0 Å². The molecule has 0 aliphatic carbocycles. The summed E-state index contributed by atoms with van der Waals surface area (Å²) in [5, 5.41) is 3.55. The average molecular weight is 352 g/mol. The van der Waals surface area contributed by atoms with Crippen molar-refractivity contribution in [2.45, 2.75) is 117 Å². The summed E-state index contributed by atoms with van der Waals surface area (Å²) < 4.78 is 2.50. The van der Waals surface area contributed by atoms with Crippen LogP contribution in [0.1, 0.15) is 117 Å². The summed E-state index contributed by atoms with van der Waals surface area (Å²) in [6.45, 7) is 10.5. The molecule has 0 aromatic rings. The van der Waals surface area contributed by atoms with Gasteiger partial charge in [0.15, 0.2) is 0 Å². The van der Waals surface area contributed by atoms with E-state index in [1.165, 1.54) is 115 Å². The van der Waals surface area contributed by atoms with Crippen molar-refractivity contribution in [1.82, 2.24) is 5.32 Å². The van der Waals surface area contributed by atoms with Crippen LogP contribution in [0.4, 0.5) is 0 Å². The van der Waals surface area contributed by atoms with Crippen molar-refractivity contribution in [2.24, 2.45) is 5.92 Å². The lowest BCUT2D eigenvalue weighted by atomic mass is 10.0. The molecule has 0 saturated heterocycles. The Bertz CT molecular complexity index is 333. The van der Waals surface area contributed by atoms with E-state index in [4.69, 9.17) is 0 Å². The lowest BCUT2D eigenvalue weighted by molar-refractivity contribution is -0.515. The van der Waals surface area contributed by atoms with Crippen molar-refractivity contribution >= 4 is 5.84 Å². The van der Waals surface area contributed by atoms with E-state index in [2.05, 4.69) is 30.7 Å². The largest absolute Gasteiger partial charge is 0.274 e. The number of nitrogens with one attached hydrogen (secondary N) is 1. The van der Waals surface area contributed by atoms with Crippen molar-refractivity contribution in [3.63, 3.8) is 0 Å². The molecule has 0 fully saturated rings. The molecule has 0 amide bonds. The van der Waals surface area contributed by atoms with Gasteiger partial charge in [-0.05, 0) is 19.3 Å². The number of rotatable bonds is 17. The third-order valence-corrected chi connectivity index (χ3v) is 5.67. The zero-order valence-corrected chi connectivity index (χ0v) is 17.8. The van der Waals surface area contributed by atoms with Crippen LogP contribution in [0, 0.1) is 5.92 Å². The predicted molar refractivity (Wildman–Crippen MR) is 113 cm³/mol. The van der Waals surface area contributed by atoms with Gasteiger partial charge in [0.1, 0.15) is 13.1 Å². The molecule has 1 N–H and O–H groups in total. The predicted octanol–water partition coefficient (Wildman–Crippen LogP) is 6.53. The molecule has 0 bridgehead atoms. The summed E-state index contributed by atoms with van der Waals surface area (Å²) in [5.41, 5.74) is 0.